The van der Waals surface area contributed by atoms with Crippen molar-refractivity contribution in [2.24, 2.45) is 11.7 Å². The number of amides is 2. The van der Waals surface area contributed by atoms with Crippen LogP contribution in [-0.2, 0) is 4.79 Å². The van der Waals surface area contributed by atoms with E-state index in [2.05, 4.69) is 0 Å². The largest absolute Gasteiger partial charge is 0.465 e. The third-order valence-corrected chi connectivity index (χ3v) is 1.72. The molecule has 3 N–H and O–H groups in total. The van der Waals surface area contributed by atoms with Gasteiger partial charge in [0.25, 0.3) is 0 Å². The van der Waals surface area contributed by atoms with Gasteiger partial charge >= 0.3 is 6.09 Å². The lowest BCUT2D eigenvalue weighted by molar-refractivity contribution is -0.120. The van der Waals surface area contributed by atoms with Gasteiger partial charge in [0.15, 0.2) is 0 Å². The number of carbonyl (C=O) groups is 2. The van der Waals surface area contributed by atoms with Crippen molar-refractivity contribution in [3.8, 4) is 0 Å². The number of likely N-dealkylation sites (tertiary alicyclic amines) is 1. The number of nitrogens with two attached hydrogens (primary N) is 1. The van der Waals surface area contributed by atoms with Gasteiger partial charge in [-0.2, -0.15) is 0 Å². The van der Waals surface area contributed by atoms with E-state index in [1.165, 1.54) is 4.90 Å². The monoisotopic (exact) mass is 158 g/mol. The van der Waals surface area contributed by atoms with Crippen LogP contribution < -0.4 is 5.73 Å². The molecule has 0 aliphatic carbocycles. The van der Waals surface area contributed by atoms with E-state index in [9.17, 15) is 9.59 Å². The normalized spacial score (nSPS) is 17.6. The van der Waals surface area contributed by atoms with E-state index in [0.717, 1.165) is 0 Å². The SMILES string of the molecule is NC(=O)CC1CN(C(=O)O)C1. The van der Waals surface area contributed by atoms with Crippen molar-refractivity contribution < 1.29 is 14.7 Å². The fraction of sp³-hybridized carbons (Fsp3) is 0.667. The molecule has 0 spiro atoms. The van der Waals surface area contributed by atoms with Crippen LogP contribution in [0.25, 0.3) is 0 Å². The van der Waals surface area contributed by atoms with E-state index in [-0.39, 0.29) is 11.8 Å². The van der Waals surface area contributed by atoms with Gasteiger partial charge < -0.3 is 15.7 Å². The molecule has 0 aromatic heterocycles. The first kappa shape index (κ1) is 7.84. The van der Waals surface area contributed by atoms with Gasteiger partial charge in [0.1, 0.15) is 0 Å². The Morgan fingerprint density at radius 2 is 2.09 bits per heavy atom. The van der Waals surface area contributed by atoms with Gasteiger partial charge in [0, 0.05) is 25.4 Å². The summed E-state index contributed by atoms with van der Waals surface area (Å²) in [6.07, 6.45) is -0.630. The zero-order valence-electron chi connectivity index (χ0n) is 5.99. The molecular formula is C6H10N2O3. The molecule has 1 rings (SSSR count). The molecule has 0 aromatic carbocycles. The van der Waals surface area contributed by atoms with Crippen molar-refractivity contribution in [3.05, 3.63) is 0 Å². The molecule has 0 bridgehead atoms. The lowest BCUT2D eigenvalue weighted by atomic mass is 9.97. The number of nitrogens with zero attached hydrogens (tertiary/aromatic N) is 1. The molecule has 1 saturated heterocycles. The average molecular weight is 158 g/mol. The van der Waals surface area contributed by atoms with Crippen molar-refractivity contribution >= 4 is 12.0 Å². The van der Waals surface area contributed by atoms with Gasteiger partial charge in [0.05, 0.1) is 0 Å². The summed E-state index contributed by atoms with van der Waals surface area (Å²) >= 11 is 0. The molecule has 5 nitrogen and oxygen atoms in total. The second-order valence-corrected chi connectivity index (χ2v) is 2.72. The van der Waals surface area contributed by atoms with E-state index in [1.54, 1.807) is 0 Å². The van der Waals surface area contributed by atoms with Gasteiger partial charge in [-0.25, -0.2) is 4.79 Å². The molecule has 2 amide bonds. The van der Waals surface area contributed by atoms with Crippen LogP contribution in [0.3, 0.4) is 0 Å². The molecule has 0 saturated carbocycles. The van der Waals surface area contributed by atoms with Gasteiger partial charge in [-0.15, -0.1) is 0 Å². The number of carbonyl (C=O) groups excluding carboxylic acids is 1. The predicted octanol–water partition coefficient (Wildman–Crippen LogP) is -0.528. The van der Waals surface area contributed by atoms with Crippen LogP contribution in [0.4, 0.5) is 4.79 Å². The van der Waals surface area contributed by atoms with Crippen LogP contribution in [0.5, 0.6) is 0 Å². The van der Waals surface area contributed by atoms with Crippen molar-refractivity contribution in [3.63, 3.8) is 0 Å². The maximum absolute atomic E-state index is 10.3. The average Bonchev–Trinajstić information content (AvgIpc) is 1.75. The van der Waals surface area contributed by atoms with Crippen molar-refractivity contribution in [2.75, 3.05) is 13.1 Å². The number of rotatable bonds is 2. The first-order chi connectivity index (χ1) is 5.09. The molecule has 1 aliphatic rings. The fourth-order valence-electron chi connectivity index (χ4n) is 1.14. The molecular weight excluding hydrogens is 148 g/mol. The van der Waals surface area contributed by atoms with Crippen LogP contribution in [0, 0.1) is 5.92 Å². The topological polar surface area (TPSA) is 83.6 Å². The Bertz CT molecular complexity index is 186. The summed E-state index contributed by atoms with van der Waals surface area (Å²) in [5.74, 6) is -0.219. The molecule has 62 valence electrons. The number of hydrogen-bond donors (Lipinski definition) is 2. The first-order valence-corrected chi connectivity index (χ1v) is 3.35. The molecule has 0 radical (unpaired) electrons. The number of carboxylic acid groups (broad SMARTS) is 1. The van der Waals surface area contributed by atoms with Crippen LogP contribution >= 0.6 is 0 Å². The zero-order chi connectivity index (χ0) is 8.43. The van der Waals surface area contributed by atoms with E-state index in [1.807, 2.05) is 0 Å². The Balaban J connectivity index is 2.19. The standard InChI is InChI=1S/C6H10N2O3/c7-5(9)1-4-2-8(3-4)6(10)11/h4H,1-3H2,(H2,7,9)(H,10,11). The molecule has 11 heavy (non-hydrogen) atoms. The highest BCUT2D eigenvalue weighted by molar-refractivity contribution is 5.74. The number of hydrogen-bond acceptors (Lipinski definition) is 2. The Labute approximate surface area is 63.8 Å². The van der Waals surface area contributed by atoms with E-state index >= 15 is 0 Å². The molecule has 5 heteroatoms. The third-order valence-electron chi connectivity index (χ3n) is 1.72. The lowest BCUT2D eigenvalue weighted by Gasteiger charge is -2.36. The van der Waals surface area contributed by atoms with E-state index in [4.69, 9.17) is 10.8 Å². The van der Waals surface area contributed by atoms with Crippen molar-refractivity contribution in [1.29, 1.82) is 0 Å². The summed E-state index contributed by atoms with van der Waals surface area (Å²) in [6, 6.07) is 0. The highest BCUT2D eigenvalue weighted by Gasteiger charge is 2.30. The Hall–Kier alpha value is -1.26. The molecule has 0 aromatic rings. The summed E-state index contributed by atoms with van der Waals surface area (Å²) in [6.45, 7) is 0.885. The highest BCUT2D eigenvalue weighted by Crippen LogP contribution is 2.17. The maximum Gasteiger partial charge on any atom is 0.407 e. The van der Waals surface area contributed by atoms with Crippen LogP contribution in [0.1, 0.15) is 6.42 Å². The molecule has 0 unspecified atom stereocenters. The van der Waals surface area contributed by atoms with Gasteiger partial charge in [-0.1, -0.05) is 0 Å². The highest BCUT2D eigenvalue weighted by atomic mass is 16.4. The molecule has 0 atom stereocenters. The Kier molecular flexibility index (Phi) is 1.98. The quantitative estimate of drug-likeness (QED) is 0.566. The summed E-state index contributed by atoms with van der Waals surface area (Å²) in [5.41, 5.74) is 4.92. The van der Waals surface area contributed by atoms with Gasteiger partial charge in [-0.05, 0) is 0 Å². The predicted molar refractivity (Wildman–Crippen MR) is 36.9 cm³/mol. The molecule has 1 heterocycles. The Morgan fingerprint density at radius 3 is 2.45 bits per heavy atom. The van der Waals surface area contributed by atoms with E-state index in [0.29, 0.717) is 19.5 Å². The minimum absolute atomic E-state index is 0.142. The summed E-state index contributed by atoms with van der Waals surface area (Å²) in [5, 5.41) is 8.39. The third kappa shape index (κ3) is 1.83. The molecule has 1 aliphatic heterocycles. The Morgan fingerprint density at radius 1 is 1.55 bits per heavy atom. The minimum atomic E-state index is -0.925. The van der Waals surface area contributed by atoms with Crippen LogP contribution in [0.15, 0.2) is 0 Å². The maximum atomic E-state index is 10.3. The second-order valence-electron chi connectivity index (χ2n) is 2.72. The summed E-state index contributed by atoms with van der Waals surface area (Å²) < 4.78 is 0. The van der Waals surface area contributed by atoms with Crippen LogP contribution in [0.2, 0.25) is 0 Å². The lowest BCUT2D eigenvalue weighted by Crippen LogP contribution is -2.50. The smallest absolute Gasteiger partial charge is 0.407 e. The summed E-state index contributed by atoms with van der Waals surface area (Å²) in [4.78, 5) is 21.8. The van der Waals surface area contributed by atoms with Crippen LogP contribution in [-0.4, -0.2) is 35.1 Å². The number of primary amides is 1. The summed E-state index contributed by atoms with van der Waals surface area (Å²) in [7, 11) is 0. The second kappa shape index (κ2) is 2.77. The van der Waals surface area contributed by atoms with E-state index < -0.39 is 6.09 Å². The van der Waals surface area contributed by atoms with Gasteiger partial charge in [0.2, 0.25) is 5.91 Å². The molecule has 1 fully saturated rings. The first-order valence-electron chi connectivity index (χ1n) is 3.35. The van der Waals surface area contributed by atoms with Crippen molar-refractivity contribution in [2.45, 2.75) is 6.42 Å². The fourth-order valence-corrected chi connectivity index (χ4v) is 1.14. The minimum Gasteiger partial charge on any atom is -0.465 e. The van der Waals surface area contributed by atoms with Crippen molar-refractivity contribution in [1.82, 2.24) is 4.90 Å². The van der Waals surface area contributed by atoms with Gasteiger partial charge in [-0.3, -0.25) is 4.79 Å². The zero-order valence-corrected chi connectivity index (χ0v) is 5.99.